The number of hydrogen-bond donors (Lipinski definition) is 2. The van der Waals surface area contributed by atoms with E-state index < -0.39 is 0 Å². The van der Waals surface area contributed by atoms with Gasteiger partial charge in [-0.2, -0.15) is 9.50 Å². The quantitative estimate of drug-likeness (QED) is 0.734. The Morgan fingerprint density at radius 3 is 2.92 bits per heavy atom. The van der Waals surface area contributed by atoms with Crippen LogP contribution < -0.4 is 10.9 Å². The van der Waals surface area contributed by atoms with Crippen LogP contribution >= 0.6 is 0 Å². The summed E-state index contributed by atoms with van der Waals surface area (Å²) in [6.07, 6.45) is 4.96. The first kappa shape index (κ1) is 15.9. The molecule has 0 aliphatic heterocycles. The Labute approximate surface area is 138 Å². The van der Waals surface area contributed by atoms with Crippen LogP contribution in [0.5, 0.6) is 0 Å². The van der Waals surface area contributed by atoms with Gasteiger partial charge >= 0.3 is 0 Å². The van der Waals surface area contributed by atoms with Crippen LogP contribution in [-0.2, 0) is 17.6 Å². The molecule has 124 valence electrons. The van der Waals surface area contributed by atoms with Gasteiger partial charge in [0.05, 0.1) is 12.1 Å². The standard InChI is InChI=1S/C16H18N6O2/c1-3-5-12-10(2)18-16-20-15(21-22(16)14(12)24)19-13(23)8-11-6-4-7-17-9-11/h4,6-7,9H,3,5,8H2,1-2H3,(H2,18,19,20,21,23). The largest absolute Gasteiger partial charge is 0.295 e. The lowest BCUT2D eigenvalue weighted by molar-refractivity contribution is -0.115. The maximum absolute atomic E-state index is 12.5. The molecule has 0 unspecified atom stereocenters. The molecule has 0 aliphatic carbocycles. The SMILES string of the molecule is CCCc1c(C)nc2nc(NC(=O)Cc3cccnc3)[nH]n2c1=O. The number of amides is 1. The van der Waals surface area contributed by atoms with Gasteiger partial charge in [-0.15, -0.1) is 0 Å². The average molecular weight is 326 g/mol. The molecule has 0 aliphatic rings. The van der Waals surface area contributed by atoms with Crippen molar-refractivity contribution in [1.82, 2.24) is 24.6 Å². The molecule has 3 heterocycles. The van der Waals surface area contributed by atoms with Crippen LogP contribution in [0.2, 0.25) is 0 Å². The van der Waals surface area contributed by atoms with Gasteiger partial charge in [0.2, 0.25) is 11.9 Å². The van der Waals surface area contributed by atoms with Gasteiger partial charge in [-0.05, 0) is 25.0 Å². The topological polar surface area (TPSA) is 105 Å². The predicted octanol–water partition coefficient (Wildman–Crippen LogP) is 1.25. The molecule has 0 saturated carbocycles. The number of aromatic nitrogens is 5. The summed E-state index contributed by atoms with van der Waals surface area (Å²) in [5.74, 6) is 0.191. The van der Waals surface area contributed by atoms with E-state index in [1.807, 2.05) is 13.0 Å². The van der Waals surface area contributed by atoms with Crippen molar-refractivity contribution in [3.8, 4) is 0 Å². The summed E-state index contributed by atoms with van der Waals surface area (Å²) in [5.41, 5.74) is 1.94. The number of nitrogens with one attached hydrogen (secondary N) is 2. The minimum Gasteiger partial charge on any atom is -0.295 e. The van der Waals surface area contributed by atoms with Crippen molar-refractivity contribution in [2.75, 3.05) is 5.32 Å². The number of hydrogen-bond acceptors (Lipinski definition) is 5. The molecule has 3 aromatic rings. The number of carbonyl (C=O) groups excluding carboxylic acids is 1. The average Bonchev–Trinajstić information content (AvgIpc) is 2.94. The van der Waals surface area contributed by atoms with E-state index in [0.29, 0.717) is 17.7 Å². The van der Waals surface area contributed by atoms with Gasteiger partial charge in [-0.25, -0.2) is 4.98 Å². The van der Waals surface area contributed by atoms with Gasteiger partial charge in [-0.3, -0.25) is 25.0 Å². The zero-order valence-electron chi connectivity index (χ0n) is 13.5. The van der Waals surface area contributed by atoms with Crippen molar-refractivity contribution < 1.29 is 4.79 Å². The number of H-pyrrole nitrogens is 1. The molecule has 24 heavy (non-hydrogen) atoms. The number of nitrogens with zero attached hydrogens (tertiary/aromatic N) is 4. The van der Waals surface area contributed by atoms with Crippen molar-refractivity contribution >= 4 is 17.6 Å². The highest BCUT2D eigenvalue weighted by Crippen LogP contribution is 2.07. The number of anilines is 1. The van der Waals surface area contributed by atoms with Crippen molar-refractivity contribution in [2.24, 2.45) is 0 Å². The van der Waals surface area contributed by atoms with Crippen molar-refractivity contribution in [2.45, 2.75) is 33.1 Å². The first-order valence-corrected chi connectivity index (χ1v) is 7.75. The fourth-order valence-electron chi connectivity index (χ4n) is 2.51. The van der Waals surface area contributed by atoms with Gasteiger partial charge < -0.3 is 0 Å². The smallest absolute Gasteiger partial charge is 0.277 e. The van der Waals surface area contributed by atoms with E-state index in [-0.39, 0.29) is 29.6 Å². The maximum Gasteiger partial charge on any atom is 0.277 e. The van der Waals surface area contributed by atoms with Crippen LogP contribution in [0.15, 0.2) is 29.3 Å². The number of rotatable bonds is 5. The lowest BCUT2D eigenvalue weighted by Crippen LogP contribution is -2.22. The van der Waals surface area contributed by atoms with Crippen molar-refractivity contribution in [3.05, 3.63) is 51.7 Å². The van der Waals surface area contributed by atoms with Gasteiger partial charge in [0.1, 0.15) is 0 Å². The van der Waals surface area contributed by atoms with Crippen LogP contribution in [-0.4, -0.2) is 30.5 Å². The monoisotopic (exact) mass is 326 g/mol. The van der Waals surface area contributed by atoms with E-state index in [9.17, 15) is 9.59 Å². The molecular formula is C16H18N6O2. The fourth-order valence-corrected chi connectivity index (χ4v) is 2.51. The second-order valence-electron chi connectivity index (χ2n) is 5.52. The van der Waals surface area contributed by atoms with Gasteiger partial charge in [0, 0.05) is 18.0 Å². The number of aryl methyl sites for hydroxylation is 1. The second-order valence-corrected chi connectivity index (χ2v) is 5.52. The highest BCUT2D eigenvalue weighted by molar-refractivity contribution is 5.90. The third-order valence-electron chi connectivity index (χ3n) is 3.64. The molecule has 8 heteroatoms. The highest BCUT2D eigenvalue weighted by atomic mass is 16.2. The molecule has 0 bridgehead atoms. The van der Waals surface area contributed by atoms with Crippen LogP contribution in [0.4, 0.5) is 5.95 Å². The molecule has 0 saturated heterocycles. The van der Waals surface area contributed by atoms with Gasteiger partial charge in [0.25, 0.3) is 11.3 Å². The third kappa shape index (κ3) is 3.17. The molecule has 0 radical (unpaired) electrons. The van der Waals surface area contributed by atoms with Crippen LogP contribution in [0, 0.1) is 6.92 Å². The molecule has 1 amide bonds. The van der Waals surface area contributed by atoms with Crippen LogP contribution in [0.3, 0.4) is 0 Å². The Kier molecular flexibility index (Phi) is 4.37. The van der Waals surface area contributed by atoms with Crippen molar-refractivity contribution in [1.29, 1.82) is 0 Å². The summed E-state index contributed by atoms with van der Waals surface area (Å²) in [6.45, 7) is 3.80. The van der Waals surface area contributed by atoms with Gasteiger partial charge in [-0.1, -0.05) is 19.4 Å². The second kappa shape index (κ2) is 6.61. The van der Waals surface area contributed by atoms with Crippen LogP contribution in [0.1, 0.15) is 30.2 Å². The normalized spacial score (nSPS) is 10.9. The highest BCUT2D eigenvalue weighted by Gasteiger charge is 2.14. The molecule has 0 atom stereocenters. The molecule has 8 nitrogen and oxygen atoms in total. The molecule has 0 spiro atoms. The van der Waals surface area contributed by atoms with E-state index in [2.05, 4.69) is 25.4 Å². The summed E-state index contributed by atoms with van der Waals surface area (Å²) in [6, 6.07) is 3.59. The first-order chi connectivity index (χ1) is 11.6. The third-order valence-corrected chi connectivity index (χ3v) is 3.64. The number of aromatic amines is 1. The summed E-state index contributed by atoms with van der Waals surface area (Å²) in [5, 5.41) is 5.43. The molecule has 3 rings (SSSR count). The zero-order chi connectivity index (χ0) is 17.1. The molecular weight excluding hydrogens is 308 g/mol. The van der Waals surface area contributed by atoms with Gasteiger partial charge in [0.15, 0.2) is 0 Å². The molecule has 0 fully saturated rings. The number of fused-ring (bicyclic) bond motifs is 1. The van der Waals surface area contributed by atoms with E-state index >= 15 is 0 Å². The van der Waals surface area contributed by atoms with E-state index in [0.717, 1.165) is 12.0 Å². The summed E-state index contributed by atoms with van der Waals surface area (Å²) in [7, 11) is 0. The number of carbonyl (C=O) groups is 1. The number of pyridine rings is 1. The Bertz CT molecular complexity index is 929. The Morgan fingerprint density at radius 1 is 1.38 bits per heavy atom. The fraction of sp³-hybridized carbons (Fsp3) is 0.312. The van der Waals surface area contributed by atoms with E-state index in [4.69, 9.17) is 0 Å². The minimum absolute atomic E-state index is 0.174. The Balaban J connectivity index is 1.84. The molecule has 3 aromatic heterocycles. The van der Waals surface area contributed by atoms with E-state index in [1.165, 1.54) is 4.52 Å². The Morgan fingerprint density at radius 2 is 2.21 bits per heavy atom. The van der Waals surface area contributed by atoms with E-state index in [1.54, 1.807) is 25.4 Å². The first-order valence-electron chi connectivity index (χ1n) is 7.75. The zero-order valence-corrected chi connectivity index (χ0v) is 13.5. The van der Waals surface area contributed by atoms with Crippen LogP contribution in [0.25, 0.3) is 5.78 Å². The van der Waals surface area contributed by atoms with Crippen molar-refractivity contribution in [3.63, 3.8) is 0 Å². The lowest BCUT2D eigenvalue weighted by atomic mass is 10.1. The maximum atomic E-state index is 12.5. The minimum atomic E-state index is -0.249. The summed E-state index contributed by atoms with van der Waals surface area (Å²) in [4.78, 5) is 37.0. The summed E-state index contributed by atoms with van der Waals surface area (Å²) < 4.78 is 1.26. The molecule has 2 N–H and O–H groups in total. The molecule has 0 aromatic carbocycles. The Hall–Kier alpha value is -3.03. The lowest BCUT2D eigenvalue weighted by Gasteiger charge is -2.02. The predicted molar refractivity (Wildman–Crippen MR) is 88.9 cm³/mol. The summed E-state index contributed by atoms with van der Waals surface area (Å²) >= 11 is 0.